The number of H-pyrrole nitrogens is 2. The summed E-state index contributed by atoms with van der Waals surface area (Å²) in [4.78, 5) is 47.7. The van der Waals surface area contributed by atoms with Crippen molar-refractivity contribution in [1.82, 2.24) is 24.9 Å². The maximum atomic E-state index is 14.1. The van der Waals surface area contributed by atoms with Crippen molar-refractivity contribution in [2.24, 2.45) is 5.92 Å². The molecule has 0 unspecified atom stereocenters. The van der Waals surface area contributed by atoms with Gasteiger partial charge in [-0.3, -0.25) is 14.7 Å². The zero-order valence-electron chi connectivity index (χ0n) is 27.2. The lowest BCUT2D eigenvalue weighted by Gasteiger charge is -2.21. The molecule has 10 heteroatoms. The summed E-state index contributed by atoms with van der Waals surface area (Å²) in [5.41, 5.74) is 4.63. The largest absolute Gasteiger partial charge is 0.489 e. The summed E-state index contributed by atoms with van der Waals surface area (Å²) in [6, 6.07) is 27.3. The van der Waals surface area contributed by atoms with Crippen molar-refractivity contribution in [3.8, 4) is 17.0 Å². The Hall–Kier alpha value is -5.64. The number of ether oxygens (including phenoxy) is 1. The minimum absolute atomic E-state index is 0.0486. The van der Waals surface area contributed by atoms with E-state index in [0.29, 0.717) is 41.6 Å². The monoisotopic (exact) mass is 657 g/mol. The van der Waals surface area contributed by atoms with Crippen LogP contribution in [0.2, 0.25) is 0 Å². The summed E-state index contributed by atoms with van der Waals surface area (Å²) < 4.78 is 7.28. The van der Waals surface area contributed by atoms with Gasteiger partial charge in [0, 0.05) is 34.8 Å². The summed E-state index contributed by atoms with van der Waals surface area (Å²) in [6.45, 7) is 0.442. The Kier molecular flexibility index (Phi) is 9.27. The van der Waals surface area contributed by atoms with Gasteiger partial charge in [0.2, 0.25) is 0 Å². The molecule has 10 nitrogen and oxygen atoms in total. The van der Waals surface area contributed by atoms with Crippen LogP contribution in [-0.2, 0) is 24.2 Å². The first-order valence-corrected chi connectivity index (χ1v) is 16.9. The second kappa shape index (κ2) is 14.2. The predicted molar refractivity (Wildman–Crippen MR) is 188 cm³/mol. The van der Waals surface area contributed by atoms with Gasteiger partial charge in [-0.05, 0) is 66.1 Å². The van der Waals surface area contributed by atoms with Crippen molar-refractivity contribution < 1.29 is 19.4 Å². The highest BCUT2D eigenvalue weighted by molar-refractivity contribution is 5.96. The molecular weight excluding hydrogens is 618 g/mol. The summed E-state index contributed by atoms with van der Waals surface area (Å²) in [7, 11) is 0. The Morgan fingerprint density at radius 1 is 0.959 bits per heavy atom. The normalized spacial score (nSPS) is 14.2. The van der Waals surface area contributed by atoms with Crippen LogP contribution < -0.4 is 15.6 Å². The van der Waals surface area contributed by atoms with E-state index in [0.717, 1.165) is 41.3 Å². The number of fused-ring (bicyclic) bond motifs is 2. The number of carboxylic acid groups (broad SMARTS) is 1. The van der Waals surface area contributed by atoms with E-state index in [1.54, 1.807) is 0 Å². The number of carboxylic acids is 1. The van der Waals surface area contributed by atoms with Crippen LogP contribution in [0.5, 0.6) is 5.75 Å². The van der Waals surface area contributed by atoms with Crippen LogP contribution in [0.3, 0.4) is 0 Å². The van der Waals surface area contributed by atoms with Crippen molar-refractivity contribution in [2.75, 3.05) is 0 Å². The average molecular weight is 658 g/mol. The van der Waals surface area contributed by atoms with Gasteiger partial charge in [-0.15, -0.1) is 0 Å². The Morgan fingerprint density at radius 3 is 2.47 bits per heavy atom. The van der Waals surface area contributed by atoms with Crippen LogP contribution in [0.25, 0.3) is 27.8 Å². The van der Waals surface area contributed by atoms with E-state index >= 15 is 0 Å². The molecule has 1 atom stereocenters. The SMILES string of the molecule is O=C(N[C@@H](Cc1cc2ccccc2[nH]1)C(=O)O)c1cc2nc(-c3ccc(OCc4ccccc4)cc3)c(CCC3CCCCC3)c(=O)n2[nH]1. The lowest BCUT2D eigenvalue weighted by atomic mass is 9.85. The minimum Gasteiger partial charge on any atom is -0.489 e. The molecule has 1 aliphatic carbocycles. The molecule has 0 radical (unpaired) electrons. The molecule has 6 aromatic rings. The van der Waals surface area contributed by atoms with E-state index in [1.807, 2.05) is 84.9 Å². The van der Waals surface area contributed by atoms with E-state index in [1.165, 1.54) is 29.8 Å². The fourth-order valence-electron chi connectivity index (χ4n) is 6.81. The number of aromatic amines is 2. The lowest BCUT2D eigenvalue weighted by molar-refractivity contribution is -0.139. The highest BCUT2D eigenvalue weighted by atomic mass is 16.5. The molecule has 4 N–H and O–H groups in total. The van der Waals surface area contributed by atoms with Gasteiger partial charge >= 0.3 is 5.97 Å². The highest BCUT2D eigenvalue weighted by Gasteiger charge is 2.25. The standard InChI is InChI=1S/C39H39N5O5/c45-37(41-34(39(47)48)22-29-21-28-13-7-8-14-32(28)40-29)33-23-35-42-36(27-16-18-30(19-17-27)49-24-26-11-5-2-6-12-26)31(38(46)44(35)43-33)20-15-25-9-3-1-4-10-25/h2,5-8,11-14,16-19,21,23,25,34,40,43H,1,3-4,9-10,15,20,22,24H2,(H,41,45)(H,47,48)/t34-/m0/s1. The van der Waals surface area contributed by atoms with Crippen LogP contribution in [0.15, 0.2) is 95.8 Å². The number of nitrogens with one attached hydrogen (secondary N) is 3. The first-order valence-electron chi connectivity index (χ1n) is 16.9. The molecule has 1 saturated carbocycles. The number of hydrogen-bond acceptors (Lipinski definition) is 5. The highest BCUT2D eigenvalue weighted by Crippen LogP contribution is 2.30. The number of aliphatic carboxylic acids is 1. The zero-order chi connectivity index (χ0) is 33.7. The second-order valence-electron chi connectivity index (χ2n) is 12.9. The molecule has 250 valence electrons. The molecule has 3 heterocycles. The van der Waals surface area contributed by atoms with Crippen LogP contribution >= 0.6 is 0 Å². The van der Waals surface area contributed by atoms with Crippen molar-refractivity contribution in [2.45, 2.75) is 64.0 Å². The Balaban J connectivity index is 1.15. The number of amides is 1. The third-order valence-corrected chi connectivity index (χ3v) is 9.47. The van der Waals surface area contributed by atoms with Crippen LogP contribution in [0, 0.1) is 5.92 Å². The Labute approximate surface area is 283 Å². The first kappa shape index (κ1) is 31.9. The van der Waals surface area contributed by atoms with E-state index in [2.05, 4.69) is 15.4 Å². The summed E-state index contributed by atoms with van der Waals surface area (Å²) in [5, 5.41) is 16.4. The molecule has 0 spiro atoms. The van der Waals surface area contributed by atoms with E-state index in [-0.39, 0.29) is 23.3 Å². The van der Waals surface area contributed by atoms with Crippen molar-refractivity contribution in [3.05, 3.63) is 124 Å². The summed E-state index contributed by atoms with van der Waals surface area (Å²) in [5.74, 6) is -0.540. The van der Waals surface area contributed by atoms with Gasteiger partial charge in [0.25, 0.3) is 11.5 Å². The predicted octanol–water partition coefficient (Wildman–Crippen LogP) is 6.69. The van der Waals surface area contributed by atoms with Crippen LogP contribution in [-0.4, -0.2) is 42.6 Å². The number of benzene rings is 3. The van der Waals surface area contributed by atoms with Gasteiger partial charge in [-0.2, -0.15) is 0 Å². The Morgan fingerprint density at radius 2 is 1.71 bits per heavy atom. The van der Waals surface area contributed by atoms with Gasteiger partial charge in [0.05, 0.1) is 5.69 Å². The maximum Gasteiger partial charge on any atom is 0.326 e. The van der Waals surface area contributed by atoms with Gasteiger partial charge in [0.15, 0.2) is 5.65 Å². The van der Waals surface area contributed by atoms with Gasteiger partial charge in [0.1, 0.15) is 24.1 Å². The molecule has 0 aliphatic heterocycles. The fourth-order valence-corrected chi connectivity index (χ4v) is 6.81. The number of nitrogens with zero attached hydrogens (tertiary/aromatic N) is 2. The third-order valence-electron chi connectivity index (χ3n) is 9.47. The minimum atomic E-state index is -1.19. The fraction of sp³-hybridized carbons (Fsp3) is 0.282. The third kappa shape index (κ3) is 7.28. The molecule has 7 rings (SSSR count). The van der Waals surface area contributed by atoms with Crippen LogP contribution in [0.1, 0.15) is 65.8 Å². The molecule has 1 amide bonds. The van der Waals surface area contributed by atoms with Crippen molar-refractivity contribution in [3.63, 3.8) is 0 Å². The van der Waals surface area contributed by atoms with E-state index in [9.17, 15) is 19.5 Å². The summed E-state index contributed by atoms with van der Waals surface area (Å²) in [6.07, 6.45) is 7.52. The topological polar surface area (TPSA) is 142 Å². The number of rotatable bonds is 12. The molecular formula is C39H39N5O5. The van der Waals surface area contributed by atoms with E-state index in [4.69, 9.17) is 9.72 Å². The van der Waals surface area contributed by atoms with E-state index < -0.39 is 17.9 Å². The average Bonchev–Trinajstić information content (AvgIpc) is 3.75. The molecule has 0 bridgehead atoms. The number of carbonyl (C=O) groups is 2. The van der Waals surface area contributed by atoms with Gasteiger partial charge in [-0.25, -0.2) is 14.3 Å². The second-order valence-corrected chi connectivity index (χ2v) is 12.9. The first-order chi connectivity index (χ1) is 23.9. The lowest BCUT2D eigenvalue weighted by Crippen LogP contribution is -2.42. The van der Waals surface area contributed by atoms with Gasteiger partial charge < -0.3 is 20.1 Å². The van der Waals surface area contributed by atoms with Gasteiger partial charge in [-0.1, -0.05) is 80.6 Å². The van der Waals surface area contributed by atoms with Crippen molar-refractivity contribution in [1.29, 1.82) is 0 Å². The molecule has 1 fully saturated rings. The number of para-hydroxylation sites is 1. The molecule has 3 aromatic carbocycles. The molecule has 0 saturated heterocycles. The zero-order valence-corrected chi connectivity index (χ0v) is 27.2. The number of carbonyl (C=O) groups excluding carboxylic acids is 1. The van der Waals surface area contributed by atoms with Crippen molar-refractivity contribution >= 4 is 28.4 Å². The number of hydrogen-bond donors (Lipinski definition) is 4. The molecule has 49 heavy (non-hydrogen) atoms. The summed E-state index contributed by atoms with van der Waals surface area (Å²) >= 11 is 0. The van der Waals surface area contributed by atoms with Crippen LogP contribution in [0.4, 0.5) is 0 Å². The molecule has 1 aliphatic rings. The number of aromatic nitrogens is 4. The molecule has 3 aromatic heterocycles. The quantitative estimate of drug-likeness (QED) is 0.116. The maximum absolute atomic E-state index is 14.1. The smallest absolute Gasteiger partial charge is 0.326 e. The Bertz CT molecular complexity index is 2110.